The van der Waals surface area contributed by atoms with E-state index in [0.29, 0.717) is 51.7 Å². The van der Waals surface area contributed by atoms with Gasteiger partial charge in [0.15, 0.2) is 0 Å². The fraction of sp³-hybridized carbons (Fsp3) is 0.269. The largest absolute Gasteiger partial charge is 0.480 e. The van der Waals surface area contributed by atoms with Crippen LogP contribution in [0, 0.1) is 12.3 Å². The van der Waals surface area contributed by atoms with Crippen molar-refractivity contribution < 1.29 is 23.1 Å². The molecule has 8 N–H and O–H groups in total. The molecule has 0 aliphatic carbocycles. The molecule has 10 nitrogen and oxygen atoms in total. The highest BCUT2D eigenvalue weighted by atomic mass is 32.2. The molecule has 0 aliphatic heterocycles. The predicted molar refractivity (Wildman–Crippen MR) is 156 cm³/mol. The minimum absolute atomic E-state index is 0.0847. The van der Waals surface area contributed by atoms with Gasteiger partial charge in [-0.05, 0) is 67.8 Å². The standard InChI is InChI=1S/C26H31N5O5S3/c1-15-7-5-11-19(31-26(34)30-12-4-3-10-18(27)24(32)33)22(15)16-8-6-9-17(13-16)39(35,36)21-14-20(23(28)29)38-25(21)37-2/h5-9,11,13-14,18H,3-4,10,12,27H2,1-2H3,(H3,28,29)(H,32,33)(H2,30,31,34)/t18-/m0/s1. The third-order valence-electron chi connectivity index (χ3n) is 5.91. The maximum absolute atomic E-state index is 13.6. The number of rotatable bonds is 12. The molecule has 208 valence electrons. The molecule has 2 aromatic carbocycles. The molecule has 0 saturated heterocycles. The van der Waals surface area contributed by atoms with Crippen molar-refractivity contribution >= 4 is 56.5 Å². The van der Waals surface area contributed by atoms with Gasteiger partial charge < -0.3 is 27.2 Å². The van der Waals surface area contributed by atoms with E-state index in [9.17, 15) is 18.0 Å². The van der Waals surface area contributed by atoms with E-state index in [1.54, 1.807) is 36.6 Å². The first-order valence-corrected chi connectivity index (χ1v) is 15.5. The van der Waals surface area contributed by atoms with E-state index in [1.807, 2.05) is 13.0 Å². The smallest absolute Gasteiger partial charge is 0.320 e. The molecule has 0 saturated carbocycles. The van der Waals surface area contributed by atoms with Gasteiger partial charge >= 0.3 is 12.0 Å². The molecule has 0 radical (unpaired) electrons. The molecule has 0 bridgehead atoms. The molecule has 1 aromatic heterocycles. The van der Waals surface area contributed by atoms with Crippen LogP contribution in [0.3, 0.4) is 0 Å². The SMILES string of the molecule is CSc1sc(C(=N)N)cc1S(=O)(=O)c1cccc(-c2c(C)cccc2NC(=O)NCCCC[C@H](N)C(=O)O)c1. The Morgan fingerprint density at radius 3 is 2.54 bits per heavy atom. The number of amides is 2. The summed E-state index contributed by atoms with van der Waals surface area (Å²) in [5, 5.41) is 22.1. The van der Waals surface area contributed by atoms with Crippen LogP contribution >= 0.6 is 23.1 Å². The van der Waals surface area contributed by atoms with Crippen LogP contribution in [0.15, 0.2) is 62.5 Å². The Morgan fingerprint density at radius 2 is 1.87 bits per heavy atom. The second-order valence-corrected chi connectivity index (χ2v) is 12.8. The average Bonchev–Trinajstić information content (AvgIpc) is 3.34. The zero-order valence-electron chi connectivity index (χ0n) is 21.5. The first kappa shape index (κ1) is 30.2. The maximum atomic E-state index is 13.6. The number of amidine groups is 1. The number of anilines is 1. The van der Waals surface area contributed by atoms with E-state index < -0.39 is 27.9 Å². The van der Waals surface area contributed by atoms with Crippen molar-refractivity contribution in [1.82, 2.24) is 5.32 Å². The molecule has 0 spiro atoms. The summed E-state index contributed by atoms with van der Waals surface area (Å²) >= 11 is 2.44. The third-order valence-corrected chi connectivity index (χ3v) is 10.2. The Balaban J connectivity index is 1.83. The van der Waals surface area contributed by atoms with Crippen LogP contribution in [0.4, 0.5) is 10.5 Å². The maximum Gasteiger partial charge on any atom is 0.320 e. The quantitative estimate of drug-likeness (QED) is 0.0781. The number of sulfone groups is 1. The summed E-state index contributed by atoms with van der Waals surface area (Å²) in [6, 6.07) is 12.0. The Morgan fingerprint density at radius 1 is 1.15 bits per heavy atom. The topological polar surface area (TPSA) is 188 Å². The van der Waals surface area contributed by atoms with E-state index >= 15 is 0 Å². The van der Waals surface area contributed by atoms with Crippen LogP contribution in [0.25, 0.3) is 11.1 Å². The third kappa shape index (κ3) is 7.38. The monoisotopic (exact) mass is 589 g/mol. The molecule has 3 aromatic rings. The molecule has 0 fully saturated rings. The Hall–Kier alpha value is -3.39. The number of carbonyl (C=O) groups is 2. The fourth-order valence-electron chi connectivity index (χ4n) is 3.90. The van der Waals surface area contributed by atoms with Gasteiger partial charge in [-0.1, -0.05) is 24.3 Å². The molecular formula is C26H31N5O5S3. The van der Waals surface area contributed by atoms with Crippen molar-refractivity contribution in [2.24, 2.45) is 11.5 Å². The molecule has 1 atom stereocenters. The van der Waals surface area contributed by atoms with Gasteiger partial charge in [-0.25, -0.2) is 13.2 Å². The number of benzene rings is 2. The minimum atomic E-state index is -3.91. The van der Waals surface area contributed by atoms with Gasteiger partial charge in [0.2, 0.25) is 9.84 Å². The fourth-order valence-corrected chi connectivity index (χ4v) is 7.80. The first-order chi connectivity index (χ1) is 18.4. The number of aryl methyl sites for hydroxylation is 1. The highest BCUT2D eigenvalue weighted by molar-refractivity contribution is 8.01. The number of nitrogens with one attached hydrogen (secondary N) is 3. The summed E-state index contributed by atoms with van der Waals surface area (Å²) in [5.41, 5.74) is 13.7. The molecule has 0 unspecified atom stereocenters. The van der Waals surface area contributed by atoms with Gasteiger partial charge in [0.05, 0.1) is 24.6 Å². The van der Waals surface area contributed by atoms with Crippen molar-refractivity contribution in [3.63, 3.8) is 0 Å². The van der Waals surface area contributed by atoms with E-state index in [4.69, 9.17) is 22.0 Å². The minimum Gasteiger partial charge on any atom is -0.480 e. The van der Waals surface area contributed by atoms with Crippen LogP contribution in [0.1, 0.15) is 29.7 Å². The lowest BCUT2D eigenvalue weighted by Crippen LogP contribution is -2.31. The number of urea groups is 1. The number of hydrogen-bond donors (Lipinski definition) is 6. The van der Waals surface area contributed by atoms with Crippen molar-refractivity contribution in [3.05, 3.63) is 59.0 Å². The lowest BCUT2D eigenvalue weighted by molar-refractivity contribution is -0.138. The van der Waals surface area contributed by atoms with Crippen molar-refractivity contribution in [2.75, 3.05) is 18.1 Å². The van der Waals surface area contributed by atoms with Gasteiger partial charge in [0.25, 0.3) is 0 Å². The van der Waals surface area contributed by atoms with Crippen LogP contribution in [-0.4, -0.2) is 50.2 Å². The number of nitrogens with two attached hydrogens (primary N) is 2. The Kier molecular flexibility index (Phi) is 10.1. The first-order valence-electron chi connectivity index (χ1n) is 12.0. The zero-order valence-corrected chi connectivity index (χ0v) is 23.9. The van der Waals surface area contributed by atoms with Crippen LogP contribution < -0.4 is 22.1 Å². The molecule has 39 heavy (non-hydrogen) atoms. The van der Waals surface area contributed by atoms with E-state index in [2.05, 4.69) is 10.6 Å². The van der Waals surface area contributed by atoms with E-state index in [-0.39, 0.29) is 15.6 Å². The number of unbranched alkanes of at least 4 members (excludes halogenated alkanes) is 1. The zero-order chi connectivity index (χ0) is 28.7. The van der Waals surface area contributed by atoms with Crippen LogP contribution in [-0.2, 0) is 14.6 Å². The van der Waals surface area contributed by atoms with Gasteiger partial charge in [-0.15, -0.1) is 23.1 Å². The number of carbonyl (C=O) groups excluding carboxylic acids is 1. The summed E-state index contributed by atoms with van der Waals surface area (Å²) in [4.78, 5) is 24.0. The number of hydrogen-bond acceptors (Lipinski definition) is 8. The van der Waals surface area contributed by atoms with Gasteiger partial charge in [0, 0.05) is 12.1 Å². The van der Waals surface area contributed by atoms with Crippen molar-refractivity contribution in [2.45, 2.75) is 46.2 Å². The normalized spacial score (nSPS) is 12.1. The molecular weight excluding hydrogens is 559 g/mol. The second kappa shape index (κ2) is 13.1. The Labute approximate surface area is 235 Å². The summed E-state index contributed by atoms with van der Waals surface area (Å²) < 4.78 is 27.7. The van der Waals surface area contributed by atoms with E-state index in [1.165, 1.54) is 23.9 Å². The lowest BCUT2D eigenvalue weighted by Gasteiger charge is -2.16. The molecule has 13 heteroatoms. The number of thioether (sulfide) groups is 1. The molecule has 2 amide bonds. The molecule has 1 heterocycles. The number of nitrogen functional groups attached to an aromatic ring is 1. The van der Waals surface area contributed by atoms with Crippen molar-refractivity contribution in [1.29, 1.82) is 5.41 Å². The van der Waals surface area contributed by atoms with Gasteiger partial charge in [0.1, 0.15) is 11.9 Å². The predicted octanol–water partition coefficient (Wildman–Crippen LogP) is 4.27. The molecule has 0 aliphatic rings. The number of carboxylic acid groups (broad SMARTS) is 1. The highest BCUT2D eigenvalue weighted by Crippen LogP contribution is 2.38. The second-order valence-electron chi connectivity index (χ2n) is 8.73. The number of aliphatic carboxylic acids is 1. The summed E-state index contributed by atoms with van der Waals surface area (Å²) in [6.45, 7) is 2.21. The van der Waals surface area contributed by atoms with Crippen molar-refractivity contribution in [3.8, 4) is 11.1 Å². The highest BCUT2D eigenvalue weighted by Gasteiger charge is 2.25. The summed E-state index contributed by atoms with van der Waals surface area (Å²) in [5.74, 6) is -1.24. The summed E-state index contributed by atoms with van der Waals surface area (Å²) in [7, 11) is -3.91. The Bertz CT molecular complexity index is 1490. The van der Waals surface area contributed by atoms with Crippen LogP contribution in [0.2, 0.25) is 0 Å². The van der Waals surface area contributed by atoms with Gasteiger partial charge in [-0.2, -0.15) is 0 Å². The average molecular weight is 590 g/mol. The number of carboxylic acids is 1. The molecule has 3 rings (SSSR count). The summed E-state index contributed by atoms with van der Waals surface area (Å²) in [6.07, 6.45) is 3.22. The van der Waals surface area contributed by atoms with Crippen LogP contribution in [0.5, 0.6) is 0 Å². The lowest BCUT2D eigenvalue weighted by atomic mass is 9.98. The van der Waals surface area contributed by atoms with E-state index in [0.717, 1.165) is 16.9 Å². The van der Waals surface area contributed by atoms with Gasteiger partial charge in [-0.3, -0.25) is 10.2 Å². The number of thiophene rings is 1.